The molecular formula is C6H8BClN4O2S. The van der Waals surface area contributed by atoms with Crippen molar-refractivity contribution in [2.45, 2.75) is 12.9 Å². The molecule has 1 rings (SSSR count). The minimum absolute atomic E-state index is 0.0329. The first kappa shape index (κ1) is 12.1. The SMILES string of the molecule is CC(BS)Nc1nc(Cl)ncc1[N+](=O)[O-]. The molecule has 0 radical (unpaired) electrons. The Balaban J connectivity index is 3.02. The first-order chi connectivity index (χ1) is 7.04. The average molecular weight is 246 g/mol. The zero-order chi connectivity index (χ0) is 11.4. The molecule has 9 heteroatoms. The lowest BCUT2D eigenvalue weighted by Gasteiger charge is -2.10. The number of hydrogen-bond acceptors (Lipinski definition) is 6. The first-order valence-corrected chi connectivity index (χ1v) is 5.10. The fourth-order valence-corrected chi connectivity index (χ4v) is 1.10. The van der Waals surface area contributed by atoms with Crippen molar-refractivity contribution in [3.63, 3.8) is 0 Å². The predicted molar refractivity (Wildman–Crippen MR) is 62.9 cm³/mol. The fourth-order valence-electron chi connectivity index (χ4n) is 0.873. The Bertz CT molecular complexity index is 380. The molecule has 0 aliphatic heterocycles. The van der Waals surface area contributed by atoms with Gasteiger partial charge in [0.15, 0.2) is 0 Å². The van der Waals surface area contributed by atoms with E-state index in [0.717, 1.165) is 6.20 Å². The van der Waals surface area contributed by atoms with Gasteiger partial charge in [-0.1, -0.05) is 6.92 Å². The van der Waals surface area contributed by atoms with Crippen LogP contribution in [0.5, 0.6) is 0 Å². The van der Waals surface area contributed by atoms with E-state index in [-0.39, 0.29) is 22.7 Å². The smallest absolute Gasteiger partial charge is 0.329 e. The Hall–Kier alpha value is -1.02. The molecule has 1 aromatic rings. The van der Waals surface area contributed by atoms with Crippen molar-refractivity contribution in [2.75, 3.05) is 5.32 Å². The van der Waals surface area contributed by atoms with Crippen LogP contribution in [-0.4, -0.2) is 27.4 Å². The lowest BCUT2D eigenvalue weighted by atomic mass is 9.97. The Labute approximate surface area is 97.1 Å². The molecule has 80 valence electrons. The van der Waals surface area contributed by atoms with E-state index in [1.807, 2.05) is 6.92 Å². The molecule has 0 bridgehead atoms. The lowest BCUT2D eigenvalue weighted by Crippen LogP contribution is -2.21. The second-order valence-electron chi connectivity index (χ2n) is 2.86. The van der Waals surface area contributed by atoms with E-state index < -0.39 is 4.92 Å². The Kier molecular flexibility index (Phi) is 4.16. The van der Waals surface area contributed by atoms with Gasteiger partial charge in [0.1, 0.15) is 6.20 Å². The van der Waals surface area contributed by atoms with Gasteiger partial charge < -0.3 is 5.32 Å². The molecule has 1 unspecified atom stereocenters. The fraction of sp³-hybridized carbons (Fsp3) is 0.333. The van der Waals surface area contributed by atoms with Gasteiger partial charge in [0.25, 0.3) is 0 Å². The van der Waals surface area contributed by atoms with Gasteiger partial charge in [0, 0.05) is 5.94 Å². The Morgan fingerprint density at radius 2 is 2.47 bits per heavy atom. The topological polar surface area (TPSA) is 81.0 Å². The van der Waals surface area contributed by atoms with E-state index in [2.05, 4.69) is 27.8 Å². The number of thiol groups is 1. The van der Waals surface area contributed by atoms with Gasteiger partial charge in [-0.3, -0.25) is 10.1 Å². The normalized spacial score (nSPS) is 11.9. The van der Waals surface area contributed by atoms with Crippen molar-refractivity contribution >= 4 is 42.1 Å². The number of nitro groups is 1. The van der Waals surface area contributed by atoms with E-state index in [0.29, 0.717) is 6.56 Å². The molecule has 6 nitrogen and oxygen atoms in total. The zero-order valence-electron chi connectivity index (χ0n) is 7.85. The highest BCUT2D eigenvalue weighted by Gasteiger charge is 2.18. The largest absolute Gasteiger partial charge is 0.368 e. The molecule has 0 fully saturated rings. The predicted octanol–water partition coefficient (Wildman–Crippen LogP) is 1.08. The zero-order valence-corrected chi connectivity index (χ0v) is 9.50. The van der Waals surface area contributed by atoms with Crippen LogP contribution in [0.15, 0.2) is 6.20 Å². The standard InChI is InChI=1S/C6H8BClN4O2S/c1-3(7-15)10-5-4(12(13)14)2-9-6(8)11-5/h2-3,7,15H,1H3,(H,9,10,11). The van der Waals surface area contributed by atoms with Gasteiger partial charge in [0.05, 0.1) is 4.92 Å². The van der Waals surface area contributed by atoms with Crippen LogP contribution in [0, 0.1) is 10.1 Å². The second kappa shape index (κ2) is 5.17. The molecule has 1 atom stereocenters. The third-order valence-electron chi connectivity index (χ3n) is 1.59. The highest BCUT2D eigenvalue weighted by Crippen LogP contribution is 2.22. The van der Waals surface area contributed by atoms with Crippen molar-refractivity contribution in [3.8, 4) is 0 Å². The molecule has 1 heterocycles. The summed E-state index contributed by atoms with van der Waals surface area (Å²) >= 11 is 9.59. The van der Waals surface area contributed by atoms with E-state index in [1.165, 1.54) is 0 Å². The summed E-state index contributed by atoms with van der Waals surface area (Å²) in [6, 6.07) is 0. The van der Waals surface area contributed by atoms with Crippen molar-refractivity contribution in [3.05, 3.63) is 21.6 Å². The van der Waals surface area contributed by atoms with Gasteiger partial charge in [0.2, 0.25) is 17.7 Å². The quantitative estimate of drug-likeness (QED) is 0.273. The molecule has 0 aromatic carbocycles. The summed E-state index contributed by atoms with van der Waals surface area (Å²) in [6.45, 7) is 2.35. The van der Waals surface area contributed by atoms with Gasteiger partial charge >= 0.3 is 5.69 Å². The summed E-state index contributed by atoms with van der Waals surface area (Å²) < 4.78 is 0. The molecule has 1 N–H and O–H groups in total. The number of rotatable bonds is 4. The van der Waals surface area contributed by atoms with E-state index in [9.17, 15) is 10.1 Å². The molecule has 1 aromatic heterocycles. The van der Waals surface area contributed by atoms with Crippen molar-refractivity contribution in [1.29, 1.82) is 0 Å². The maximum absolute atomic E-state index is 10.6. The van der Waals surface area contributed by atoms with Crippen LogP contribution < -0.4 is 5.32 Å². The third kappa shape index (κ3) is 3.24. The number of nitrogens with zero attached hydrogens (tertiary/aromatic N) is 3. The van der Waals surface area contributed by atoms with Crippen LogP contribution >= 0.6 is 24.1 Å². The number of nitrogens with one attached hydrogen (secondary N) is 1. The van der Waals surface area contributed by atoms with Crippen molar-refractivity contribution in [1.82, 2.24) is 9.97 Å². The second-order valence-corrected chi connectivity index (χ2v) is 3.56. The number of hydrogen-bond donors (Lipinski definition) is 2. The average Bonchev–Trinajstić information content (AvgIpc) is 2.17. The highest BCUT2D eigenvalue weighted by molar-refractivity contribution is 8.07. The summed E-state index contributed by atoms with van der Waals surface area (Å²) in [5.41, 5.74) is -0.201. The summed E-state index contributed by atoms with van der Waals surface area (Å²) in [5.74, 6) is 0.0690. The Morgan fingerprint density at radius 3 is 3.00 bits per heavy atom. The molecule has 0 spiro atoms. The molecule has 0 saturated carbocycles. The van der Waals surface area contributed by atoms with Crippen LogP contribution in [0.1, 0.15) is 6.92 Å². The number of halogens is 1. The summed E-state index contributed by atoms with van der Waals surface area (Å²) in [6.07, 6.45) is 1.07. The first-order valence-electron chi connectivity index (χ1n) is 4.09. The van der Waals surface area contributed by atoms with Crippen LogP contribution in [0.4, 0.5) is 11.5 Å². The van der Waals surface area contributed by atoms with Crippen LogP contribution in [0.2, 0.25) is 5.28 Å². The Morgan fingerprint density at radius 1 is 1.80 bits per heavy atom. The number of aromatic nitrogens is 2. The summed E-state index contributed by atoms with van der Waals surface area (Å²) in [5, 5.41) is 13.4. The van der Waals surface area contributed by atoms with Gasteiger partial charge in [-0.05, 0) is 11.6 Å². The summed E-state index contributed by atoms with van der Waals surface area (Å²) in [7, 11) is 0. The van der Waals surface area contributed by atoms with Crippen LogP contribution in [0.25, 0.3) is 0 Å². The minimum atomic E-state index is -0.566. The molecular weight excluding hydrogens is 238 g/mol. The lowest BCUT2D eigenvalue weighted by molar-refractivity contribution is -0.384. The third-order valence-corrected chi connectivity index (χ3v) is 2.32. The molecule has 0 aliphatic rings. The molecule has 0 saturated heterocycles. The van der Waals surface area contributed by atoms with E-state index in [4.69, 9.17) is 11.6 Å². The van der Waals surface area contributed by atoms with Gasteiger partial charge in [-0.25, -0.2) is 17.5 Å². The van der Waals surface area contributed by atoms with Gasteiger partial charge in [-0.2, -0.15) is 4.98 Å². The van der Waals surface area contributed by atoms with E-state index >= 15 is 0 Å². The van der Waals surface area contributed by atoms with Gasteiger partial charge in [-0.15, -0.1) is 0 Å². The highest BCUT2D eigenvalue weighted by atomic mass is 35.5. The maximum Gasteiger partial charge on any atom is 0.329 e. The molecule has 0 aliphatic carbocycles. The minimum Gasteiger partial charge on any atom is -0.368 e. The van der Waals surface area contributed by atoms with Crippen LogP contribution in [-0.2, 0) is 0 Å². The van der Waals surface area contributed by atoms with Crippen LogP contribution in [0.3, 0.4) is 0 Å². The number of anilines is 1. The van der Waals surface area contributed by atoms with Crippen molar-refractivity contribution in [2.24, 2.45) is 0 Å². The summed E-state index contributed by atoms with van der Waals surface area (Å²) in [4.78, 5) is 17.4. The van der Waals surface area contributed by atoms with Crippen molar-refractivity contribution < 1.29 is 4.92 Å². The van der Waals surface area contributed by atoms with E-state index in [1.54, 1.807) is 0 Å². The monoisotopic (exact) mass is 246 g/mol. The maximum atomic E-state index is 10.6. The molecule has 15 heavy (non-hydrogen) atoms. The molecule has 0 amide bonds.